The van der Waals surface area contributed by atoms with E-state index in [0.717, 1.165) is 54.3 Å². The number of hydrogen-bond acceptors (Lipinski definition) is 8. The third-order valence-corrected chi connectivity index (χ3v) is 7.62. The van der Waals surface area contributed by atoms with Crippen molar-refractivity contribution in [2.24, 2.45) is 5.41 Å². The third-order valence-electron chi connectivity index (χ3n) is 7.62. The molecule has 5 rings (SSSR count). The minimum atomic E-state index is 0.260. The largest absolute Gasteiger partial charge is 0.497 e. The SMILES string of the molecule is COc1ccc2c(c1)CNc1nc(nc3c(C(C)C)cnn13)NCC1(CCCCCO2)CCNCC1. The van der Waals surface area contributed by atoms with Gasteiger partial charge in [0.05, 0.1) is 19.9 Å². The zero-order valence-electron chi connectivity index (χ0n) is 21.8. The predicted octanol–water partition coefficient (Wildman–Crippen LogP) is 4.60. The molecule has 3 N–H and O–H groups in total. The number of rotatable bonds is 2. The Morgan fingerprint density at radius 3 is 2.72 bits per heavy atom. The highest BCUT2D eigenvalue weighted by molar-refractivity contribution is 5.56. The van der Waals surface area contributed by atoms with Crippen LogP contribution in [0, 0.1) is 5.41 Å². The first-order valence-corrected chi connectivity index (χ1v) is 13.3. The lowest BCUT2D eigenvalue weighted by Gasteiger charge is -2.38. The first-order valence-electron chi connectivity index (χ1n) is 13.3. The average Bonchev–Trinajstić information content (AvgIpc) is 3.33. The van der Waals surface area contributed by atoms with Crippen LogP contribution in [0.2, 0.25) is 0 Å². The second-order valence-electron chi connectivity index (χ2n) is 10.5. The molecule has 3 aromatic rings. The molecule has 1 saturated heterocycles. The van der Waals surface area contributed by atoms with E-state index in [1.807, 2.05) is 28.9 Å². The van der Waals surface area contributed by atoms with E-state index in [4.69, 9.17) is 19.4 Å². The molecule has 2 aliphatic heterocycles. The zero-order chi connectivity index (χ0) is 25.0. The van der Waals surface area contributed by atoms with E-state index in [-0.39, 0.29) is 5.41 Å². The smallest absolute Gasteiger partial charge is 0.229 e. The second kappa shape index (κ2) is 10.9. The normalized spacial score (nSPS) is 18.8. The molecule has 9 heteroatoms. The van der Waals surface area contributed by atoms with Gasteiger partial charge in [0.15, 0.2) is 5.65 Å². The van der Waals surface area contributed by atoms with Crippen LogP contribution in [-0.2, 0) is 6.54 Å². The standard InChI is InChI=1S/C27H39N7O2/c1-19(2)22-17-31-34-24(22)32-25-30-18-27(10-12-28-13-11-27)9-5-4-6-14-36-23-8-7-21(35-3)15-20(23)16-29-26(34)33-25/h7-8,15,17,19,28H,4-6,9-14,16,18H2,1-3H3,(H2,29,30,32,33). The molecule has 36 heavy (non-hydrogen) atoms. The van der Waals surface area contributed by atoms with Gasteiger partial charge in [0.25, 0.3) is 0 Å². The summed E-state index contributed by atoms with van der Waals surface area (Å²) in [4.78, 5) is 9.79. The molecule has 0 radical (unpaired) electrons. The Bertz CT molecular complexity index is 1170. The lowest BCUT2D eigenvalue weighted by Crippen LogP contribution is -2.41. The molecule has 0 saturated carbocycles. The lowest BCUT2D eigenvalue weighted by atomic mass is 9.75. The maximum atomic E-state index is 6.23. The van der Waals surface area contributed by atoms with Crippen molar-refractivity contribution < 1.29 is 9.47 Å². The van der Waals surface area contributed by atoms with E-state index < -0.39 is 0 Å². The van der Waals surface area contributed by atoms with Crippen molar-refractivity contribution in [3.63, 3.8) is 0 Å². The molecule has 1 fully saturated rings. The molecule has 2 aromatic heterocycles. The van der Waals surface area contributed by atoms with Crippen LogP contribution >= 0.6 is 0 Å². The molecule has 4 heterocycles. The monoisotopic (exact) mass is 493 g/mol. The van der Waals surface area contributed by atoms with Crippen molar-refractivity contribution >= 4 is 17.5 Å². The summed E-state index contributed by atoms with van der Waals surface area (Å²) in [5.41, 5.74) is 3.23. The van der Waals surface area contributed by atoms with Crippen LogP contribution in [0.4, 0.5) is 11.9 Å². The summed E-state index contributed by atoms with van der Waals surface area (Å²) in [6, 6.07) is 5.97. The fourth-order valence-electron chi connectivity index (χ4n) is 5.33. The summed E-state index contributed by atoms with van der Waals surface area (Å²) in [6.45, 7) is 8.60. The van der Waals surface area contributed by atoms with E-state index in [2.05, 4.69) is 34.9 Å². The van der Waals surface area contributed by atoms with Crippen molar-refractivity contribution in [3.05, 3.63) is 35.5 Å². The Morgan fingerprint density at radius 2 is 1.92 bits per heavy atom. The molecule has 1 spiro atoms. The van der Waals surface area contributed by atoms with Gasteiger partial charge in [-0.15, -0.1) is 0 Å². The van der Waals surface area contributed by atoms with Crippen LogP contribution in [0.1, 0.15) is 69.4 Å². The van der Waals surface area contributed by atoms with Crippen LogP contribution < -0.4 is 25.4 Å². The molecule has 9 nitrogen and oxygen atoms in total. The molecule has 0 atom stereocenters. The Labute approximate surface area is 213 Å². The van der Waals surface area contributed by atoms with Crippen LogP contribution in [-0.4, -0.2) is 52.9 Å². The number of ether oxygens (including phenoxy) is 2. The summed E-state index contributed by atoms with van der Waals surface area (Å²) in [5, 5.41) is 15.3. The molecule has 0 amide bonds. The van der Waals surface area contributed by atoms with E-state index in [1.165, 1.54) is 32.1 Å². The Morgan fingerprint density at radius 1 is 1.06 bits per heavy atom. The molecule has 2 bridgehead atoms. The topological polar surface area (TPSA) is 97.6 Å². The van der Waals surface area contributed by atoms with Crippen LogP contribution in [0.15, 0.2) is 24.4 Å². The Balaban J connectivity index is 1.51. The summed E-state index contributed by atoms with van der Waals surface area (Å²) >= 11 is 0. The van der Waals surface area contributed by atoms with Gasteiger partial charge in [-0.05, 0) is 68.3 Å². The molecule has 2 aliphatic rings. The number of fused-ring (bicyclic) bond motifs is 5. The van der Waals surface area contributed by atoms with E-state index in [9.17, 15) is 0 Å². The van der Waals surface area contributed by atoms with Crippen LogP contribution in [0.3, 0.4) is 0 Å². The predicted molar refractivity (Wildman–Crippen MR) is 142 cm³/mol. The molecule has 0 unspecified atom stereocenters. The third kappa shape index (κ3) is 5.36. The Kier molecular flexibility index (Phi) is 7.46. The van der Waals surface area contributed by atoms with Crippen molar-refractivity contribution in [1.82, 2.24) is 24.9 Å². The number of nitrogens with one attached hydrogen (secondary N) is 3. The number of anilines is 2. The number of nitrogens with zero attached hydrogens (tertiary/aromatic N) is 4. The maximum absolute atomic E-state index is 6.23. The summed E-state index contributed by atoms with van der Waals surface area (Å²) in [7, 11) is 1.68. The Hall–Kier alpha value is -3.07. The molecule has 1 aromatic carbocycles. The molecule has 194 valence electrons. The van der Waals surface area contributed by atoms with E-state index in [0.29, 0.717) is 31.0 Å². The lowest BCUT2D eigenvalue weighted by molar-refractivity contribution is 0.192. The zero-order valence-corrected chi connectivity index (χ0v) is 21.8. The number of aromatic nitrogens is 4. The fourth-order valence-corrected chi connectivity index (χ4v) is 5.33. The van der Waals surface area contributed by atoms with Crippen molar-refractivity contribution in [2.45, 2.75) is 64.8 Å². The average molecular weight is 494 g/mol. The minimum absolute atomic E-state index is 0.260. The molecule has 0 aliphatic carbocycles. The van der Waals surface area contributed by atoms with Crippen LogP contribution in [0.25, 0.3) is 5.65 Å². The van der Waals surface area contributed by atoms with Gasteiger partial charge in [0.1, 0.15) is 11.5 Å². The quantitative estimate of drug-likeness (QED) is 0.476. The van der Waals surface area contributed by atoms with E-state index >= 15 is 0 Å². The van der Waals surface area contributed by atoms with E-state index in [1.54, 1.807) is 7.11 Å². The van der Waals surface area contributed by atoms with Crippen molar-refractivity contribution in [1.29, 1.82) is 0 Å². The van der Waals surface area contributed by atoms with Gasteiger partial charge in [-0.3, -0.25) is 0 Å². The molecular formula is C27H39N7O2. The van der Waals surface area contributed by atoms with Gasteiger partial charge < -0.3 is 25.4 Å². The highest BCUT2D eigenvalue weighted by Gasteiger charge is 2.32. The van der Waals surface area contributed by atoms with Gasteiger partial charge in [0.2, 0.25) is 11.9 Å². The first-order chi connectivity index (χ1) is 17.6. The summed E-state index contributed by atoms with van der Waals surface area (Å²) in [5.74, 6) is 3.30. The minimum Gasteiger partial charge on any atom is -0.497 e. The maximum Gasteiger partial charge on any atom is 0.229 e. The van der Waals surface area contributed by atoms with Crippen molar-refractivity contribution in [2.75, 3.05) is 44.0 Å². The van der Waals surface area contributed by atoms with Gasteiger partial charge in [0, 0.05) is 24.2 Å². The highest BCUT2D eigenvalue weighted by Crippen LogP contribution is 2.35. The first kappa shape index (κ1) is 24.6. The highest BCUT2D eigenvalue weighted by atomic mass is 16.5. The number of benzene rings is 1. The number of methoxy groups -OCH3 is 1. The summed E-state index contributed by atoms with van der Waals surface area (Å²) in [6.07, 6.45) is 8.86. The van der Waals surface area contributed by atoms with Gasteiger partial charge in [-0.1, -0.05) is 26.7 Å². The van der Waals surface area contributed by atoms with Crippen LogP contribution in [0.5, 0.6) is 11.5 Å². The van der Waals surface area contributed by atoms with Gasteiger partial charge in [-0.25, -0.2) is 0 Å². The number of hydrogen-bond donors (Lipinski definition) is 3. The number of piperidine rings is 1. The second-order valence-corrected chi connectivity index (χ2v) is 10.5. The fraction of sp³-hybridized carbons (Fsp3) is 0.593. The van der Waals surface area contributed by atoms with Crippen molar-refractivity contribution in [3.8, 4) is 11.5 Å². The van der Waals surface area contributed by atoms with Gasteiger partial charge >= 0.3 is 0 Å². The molecular weight excluding hydrogens is 454 g/mol. The van der Waals surface area contributed by atoms with Gasteiger partial charge in [-0.2, -0.15) is 19.6 Å². The summed E-state index contributed by atoms with van der Waals surface area (Å²) < 4.78 is 13.5.